The Morgan fingerprint density at radius 3 is 2.41 bits per heavy atom. The zero-order valence-electron chi connectivity index (χ0n) is 11.5. The summed E-state index contributed by atoms with van der Waals surface area (Å²) in [5.74, 6) is 1.64. The zero-order valence-corrected chi connectivity index (χ0v) is 11.5. The van der Waals surface area contributed by atoms with E-state index in [-0.39, 0.29) is 0 Å². The Balaban J connectivity index is 2.94. The van der Waals surface area contributed by atoms with Crippen LogP contribution in [0.15, 0.2) is 12.1 Å². The third-order valence-corrected chi connectivity index (χ3v) is 2.95. The highest BCUT2D eigenvalue weighted by Gasteiger charge is 2.11. The van der Waals surface area contributed by atoms with Gasteiger partial charge in [0.1, 0.15) is 0 Å². The Morgan fingerprint density at radius 2 is 1.88 bits per heavy atom. The van der Waals surface area contributed by atoms with Crippen LogP contribution >= 0.6 is 0 Å². The normalized spacial score (nSPS) is 10.7. The standard InChI is InChI=1S/C14H23NO2/c1-6-9-15(3)10-12-7-8-13(16-4)14(17-5)11(12)2/h7-8H,6,9-10H2,1-5H3. The molecule has 0 spiro atoms. The van der Waals surface area contributed by atoms with Crippen molar-refractivity contribution < 1.29 is 9.47 Å². The van der Waals surface area contributed by atoms with Gasteiger partial charge in [-0.25, -0.2) is 0 Å². The molecule has 3 heteroatoms. The molecule has 1 rings (SSSR count). The SMILES string of the molecule is CCCN(C)Cc1ccc(OC)c(OC)c1C. The van der Waals surface area contributed by atoms with Crippen molar-refractivity contribution in [2.75, 3.05) is 27.8 Å². The minimum absolute atomic E-state index is 0.798. The molecular formula is C14H23NO2. The van der Waals surface area contributed by atoms with Gasteiger partial charge in [0.2, 0.25) is 0 Å². The number of hydrogen-bond acceptors (Lipinski definition) is 3. The van der Waals surface area contributed by atoms with E-state index >= 15 is 0 Å². The lowest BCUT2D eigenvalue weighted by molar-refractivity contribution is 0.322. The van der Waals surface area contributed by atoms with Gasteiger partial charge >= 0.3 is 0 Å². The van der Waals surface area contributed by atoms with E-state index in [0.717, 1.165) is 30.2 Å². The average molecular weight is 237 g/mol. The minimum Gasteiger partial charge on any atom is -0.493 e. The molecule has 0 aromatic heterocycles. The van der Waals surface area contributed by atoms with E-state index in [9.17, 15) is 0 Å². The van der Waals surface area contributed by atoms with Gasteiger partial charge in [-0.3, -0.25) is 0 Å². The largest absolute Gasteiger partial charge is 0.493 e. The van der Waals surface area contributed by atoms with Crippen LogP contribution in [0.2, 0.25) is 0 Å². The molecule has 1 aromatic rings. The van der Waals surface area contributed by atoms with Gasteiger partial charge in [0.25, 0.3) is 0 Å². The second-order valence-corrected chi connectivity index (χ2v) is 4.32. The summed E-state index contributed by atoms with van der Waals surface area (Å²) < 4.78 is 10.7. The number of rotatable bonds is 6. The van der Waals surface area contributed by atoms with Gasteiger partial charge in [-0.15, -0.1) is 0 Å². The number of ether oxygens (including phenoxy) is 2. The van der Waals surface area contributed by atoms with Gasteiger partial charge < -0.3 is 14.4 Å². The fourth-order valence-electron chi connectivity index (χ4n) is 2.04. The van der Waals surface area contributed by atoms with E-state index in [1.54, 1.807) is 14.2 Å². The molecule has 0 bridgehead atoms. The Bertz CT molecular complexity index is 363. The first kappa shape index (κ1) is 13.8. The zero-order chi connectivity index (χ0) is 12.8. The molecule has 0 unspecified atom stereocenters. The van der Waals surface area contributed by atoms with Crippen LogP contribution in [-0.4, -0.2) is 32.7 Å². The molecular weight excluding hydrogens is 214 g/mol. The fourth-order valence-corrected chi connectivity index (χ4v) is 2.04. The van der Waals surface area contributed by atoms with Crippen molar-refractivity contribution in [3.05, 3.63) is 23.3 Å². The summed E-state index contributed by atoms with van der Waals surface area (Å²) >= 11 is 0. The van der Waals surface area contributed by atoms with Crippen molar-refractivity contribution in [2.24, 2.45) is 0 Å². The van der Waals surface area contributed by atoms with Gasteiger partial charge in [0.05, 0.1) is 14.2 Å². The maximum Gasteiger partial charge on any atom is 0.163 e. The topological polar surface area (TPSA) is 21.7 Å². The quantitative estimate of drug-likeness (QED) is 0.759. The van der Waals surface area contributed by atoms with Crippen molar-refractivity contribution in [3.8, 4) is 11.5 Å². The third-order valence-electron chi connectivity index (χ3n) is 2.95. The van der Waals surface area contributed by atoms with Crippen molar-refractivity contribution >= 4 is 0 Å². The highest BCUT2D eigenvalue weighted by molar-refractivity contribution is 5.50. The fraction of sp³-hybridized carbons (Fsp3) is 0.571. The molecule has 0 aliphatic rings. The predicted octanol–water partition coefficient (Wildman–Crippen LogP) is 2.85. The summed E-state index contributed by atoms with van der Waals surface area (Å²) in [4.78, 5) is 2.31. The van der Waals surface area contributed by atoms with Crippen molar-refractivity contribution in [1.29, 1.82) is 0 Å². The van der Waals surface area contributed by atoms with Crippen LogP contribution in [0.25, 0.3) is 0 Å². The van der Waals surface area contributed by atoms with Gasteiger partial charge in [0, 0.05) is 6.54 Å². The van der Waals surface area contributed by atoms with Gasteiger partial charge in [-0.2, -0.15) is 0 Å². The molecule has 0 aliphatic carbocycles. The molecule has 0 radical (unpaired) electrons. The molecule has 96 valence electrons. The van der Waals surface area contributed by atoms with Crippen molar-refractivity contribution in [1.82, 2.24) is 4.90 Å². The lowest BCUT2D eigenvalue weighted by Gasteiger charge is -2.19. The Labute approximate surface area is 104 Å². The minimum atomic E-state index is 0.798. The molecule has 0 atom stereocenters. The van der Waals surface area contributed by atoms with Crippen LogP contribution in [0.5, 0.6) is 11.5 Å². The van der Waals surface area contributed by atoms with E-state index in [0.29, 0.717) is 0 Å². The highest BCUT2D eigenvalue weighted by Crippen LogP contribution is 2.33. The molecule has 0 N–H and O–H groups in total. The second-order valence-electron chi connectivity index (χ2n) is 4.32. The van der Waals surface area contributed by atoms with E-state index in [2.05, 4.69) is 31.9 Å². The molecule has 17 heavy (non-hydrogen) atoms. The number of nitrogens with zero attached hydrogens (tertiary/aromatic N) is 1. The summed E-state index contributed by atoms with van der Waals surface area (Å²) in [6.07, 6.45) is 1.17. The van der Waals surface area contributed by atoms with Crippen molar-refractivity contribution in [3.63, 3.8) is 0 Å². The highest BCUT2D eigenvalue weighted by atomic mass is 16.5. The van der Waals surface area contributed by atoms with E-state index < -0.39 is 0 Å². The Morgan fingerprint density at radius 1 is 1.18 bits per heavy atom. The van der Waals surface area contributed by atoms with Crippen molar-refractivity contribution in [2.45, 2.75) is 26.8 Å². The first-order valence-corrected chi connectivity index (χ1v) is 6.03. The van der Waals surface area contributed by atoms with Crippen LogP contribution in [0, 0.1) is 6.92 Å². The molecule has 0 amide bonds. The Kier molecular flexibility index (Phi) is 5.29. The maximum absolute atomic E-state index is 5.41. The maximum atomic E-state index is 5.41. The lowest BCUT2D eigenvalue weighted by atomic mass is 10.1. The molecule has 0 saturated heterocycles. The van der Waals surface area contributed by atoms with Crippen LogP contribution in [0.3, 0.4) is 0 Å². The van der Waals surface area contributed by atoms with Gasteiger partial charge in [-0.05, 0) is 44.1 Å². The predicted molar refractivity (Wildman–Crippen MR) is 70.9 cm³/mol. The number of methoxy groups -OCH3 is 2. The van der Waals surface area contributed by atoms with Crippen LogP contribution in [-0.2, 0) is 6.54 Å². The van der Waals surface area contributed by atoms with Gasteiger partial charge in [0.15, 0.2) is 11.5 Å². The molecule has 0 fully saturated rings. The van der Waals surface area contributed by atoms with E-state index in [4.69, 9.17) is 9.47 Å². The first-order chi connectivity index (χ1) is 8.13. The lowest BCUT2D eigenvalue weighted by Crippen LogP contribution is -2.19. The summed E-state index contributed by atoms with van der Waals surface area (Å²) in [6, 6.07) is 4.09. The second kappa shape index (κ2) is 6.50. The monoisotopic (exact) mass is 237 g/mol. The summed E-state index contributed by atoms with van der Waals surface area (Å²) in [6.45, 7) is 6.32. The molecule has 0 saturated carbocycles. The first-order valence-electron chi connectivity index (χ1n) is 6.03. The van der Waals surface area contributed by atoms with E-state index in [1.807, 2.05) is 6.07 Å². The molecule has 0 aliphatic heterocycles. The number of hydrogen-bond donors (Lipinski definition) is 0. The summed E-state index contributed by atoms with van der Waals surface area (Å²) in [5, 5.41) is 0. The molecule has 1 aromatic carbocycles. The summed E-state index contributed by atoms with van der Waals surface area (Å²) in [7, 11) is 5.49. The Hall–Kier alpha value is -1.22. The smallest absolute Gasteiger partial charge is 0.163 e. The molecule has 3 nitrogen and oxygen atoms in total. The summed E-state index contributed by atoms with van der Waals surface area (Å²) in [5.41, 5.74) is 2.45. The average Bonchev–Trinajstić information content (AvgIpc) is 2.31. The molecule has 0 heterocycles. The van der Waals surface area contributed by atoms with Crippen LogP contribution in [0.1, 0.15) is 24.5 Å². The number of benzene rings is 1. The van der Waals surface area contributed by atoms with Crippen LogP contribution in [0.4, 0.5) is 0 Å². The van der Waals surface area contributed by atoms with Crippen LogP contribution < -0.4 is 9.47 Å². The van der Waals surface area contributed by atoms with Gasteiger partial charge in [-0.1, -0.05) is 13.0 Å². The third kappa shape index (κ3) is 3.37. The van der Waals surface area contributed by atoms with E-state index in [1.165, 1.54) is 12.0 Å².